The molecule has 1 aromatic carbocycles. The lowest BCUT2D eigenvalue weighted by molar-refractivity contribution is -0.122. The number of methoxy groups -OCH3 is 1. The predicted octanol–water partition coefficient (Wildman–Crippen LogP) is 2.59. The number of carbonyl (C=O) groups is 1. The molecule has 1 amide bonds. The van der Waals surface area contributed by atoms with Crippen LogP contribution in [0.1, 0.15) is 38.2 Å². The number of carbonyl (C=O) groups excluding carboxylic acids is 1. The van der Waals surface area contributed by atoms with E-state index >= 15 is 0 Å². The van der Waals surface area contributed by atoms with Gasteiger partial charge in [-0.05, 0) is 37.1 Å². The summed E-state index contributed by atoms with van der Waals surface area (Å²) in [5.41, 5.74) is 1.08. The van der Waals surface area contributed by atoms with Crippen LogP contribution in [0.2, 0.25) is 0 Å². The third kappa shape index (κ3) is 6.13. The first-order chi connectivity index (χ1) is 11.7. The van der Waals surface area contributed by atoms with Crippen molar-refractivity contribution in [3.05, 3.63) is 29.8 Å². The van der Waals surface area contributed by atoms with E-state index in [4.69, 9.17) is 9.47 Å². The molecule has 1 aliphatic carbocycles. The molecule has 5 nitrogen and oxygen atoms in total. The first-order valence-corrected chi connectivity index (χ1v) is 8.94. The Morgan fingerprint density at radius 3 is 2.54 bits per heavy atom. The van der Waals surface area contributed by atoms with E-state index in [1.54, 1.807) is 7.11 Å². The van der Waals surface area contributed by atoms with E-state index in [2.05, 4.69) is 17.1 Å². The molecule has 5 heteroatoms. The number of hydrogen-bond acceptors (Lipinski definition) is 4. The first-order valence-electron chi connectivity index (χ1n) is 8.94. The van der Waals surface area contributed by atoms with E-state index in [0.717, 1.165) is 17.9 Å². The summed E-state index contributed by atoms with van der Waals surface area (Å²) in [4.78, 5) is 14.5. The second-order valence-electron chi connectivity index (χ2n) is 6.26. The Morgan fingerprint density at radius 1 is 1.21 bits per heavy atom. The molecule has 2 rings (SSSR count). The fourth-order valence-electron chi connectivity index (χ4n) is 3.16. The predicted molar refractivity (Wildman–Crippen MR) is 95.2 cm³/mol. The molecule has 1 saturated carbocycles. The van der Waals surface area contributed by atoms with Crippen LogP contribution in [0.15, 0.2) is 24.3 Å². The van der Waals surface area contributed by atoms with Crippen molar-refractivity contribution in [1.82, 2.24) is 10.2 Å². The Labute approximate surface area is 145 Å². The largest absolute Gasteiger partial charge is 0.491 e. The van der Waals surface area contributed by atoms with Crippen LogP contribution in [-0.4, -0.2) is 50.3 Å². The van der Waals surface area contributed by atoms with Crippen LogP contribution < -0.4 is 10.1 Å². The second-order valence-corrected chi connectivity index (χ2v) is 6.26. The molecule has 0 atom stereocenters. The molecule has 0 spiro atoms. The number of amides is 1. The second kappa shape index (κ2) is 10.3. The van der Waals surface area contributed by atoms with E-state index in [-0.39, 0.29) is 5.91 Å². The van der Waals surface area contributed by atoms with Gasteiger partial charge in [-0.15, -0.1) is 0 Å². The van der Waals surface area contributed by atoms with Crippen molar-refractivity contribution in [2.45, 2.75) is 45.2 Å². The highest BCUT2D eigenvalue weighted by atomic mass is 16.5. The number of nitrogens with one attached hydrogen (secondary N) is 1. The summed E-state index contributed by atoms with van der Waals surface area (Å²) in [6.07, 6.45) is 5.04. The van der Waals surface area contributed by atoms with Gasteiger partial charge in [0.25, 0.3) is 0 Å². The SMILES string of the molecule is CCN(CC(=O)NCc1ccc(OCCOC)cc1)C1CCCC1. The maximum absolute atomic E-state index is 12.2. The van der Waals surface area contributed by atoms with Crippen LogP contribution in [0, 0.1) is 0 Å². The molecule has 134 valence electrons. The van der Waals surface area contributed by atoms with Crippen molar-refractivity contribution >= 4 is 5.91 Å². The van der Waals surface area contributed by atoms with Gasteiger partial charge in [0.2, 0.25) is 5.91 Å². The van der Waals surface area contributed by atoms with Gasteiger partial charge in [0, 0.05) is 19.7 Å². The summed E-state index contributed by atoms with van der Waals surface area (Å²) in [6.45, 7) is 5.24. The molecule has 24 heavy (non-hydrogen) atoms. The zero-order valence-corrected chi connectivity index (χ0v) is 14.9. The Balaban J connectivity index is 1.72. The minimum Gasteiger partial charge on any atom is -0.491 e. The fourth-order valence-corrected chi connectivity index (χ4v) is 3.16. The van der Waals surface area contributed by atoms with Gasteiger partial charge in [0.1, 0.15) is 12.4 Å². The van der Waals surface area contributed by atoms with Crippen molar-refractivity contribution in [2.75, 3.05) is 33.4 Å². The van der Waals surface area contributed by atoms with Gasteiger partial charge >= 0.3 is 0 Å². The smallest absolute Gasteiger partial charge is 0.234 e. The monoisotopic (exact) mass is 334 g/mol. The minimum absolute atomic E-state index is 0.101. The Kier molecular flexibility index (Phi) is 8.05. The van der Waals surface area contributed by atoms with E-state index in [1.165, 1.54) is 25.7 Å². The standard InChI is InChI=1S/C19H30N2O3/c1-3-21(17-6-4-5-7-17)15-19(22)20-14-16-8-10-18(11-9-16)24-13-12-23-2/h8-11,17H,3-7,12-15H2,1-2H3,(H,20,22). The molecule has 0 bridgehead atoms. The van der Waals surface area contributed by atoms with Gasteiger partial charge in [0.15, 0.2) is 0 Å². The maximum atomic E-state index is 12.2. The summed E-state index contributed by atoms with van der Waals surface area (Å²) in [7, 11) is 1.65. The minimum atomic E-state index is 0.101. The van der Waals surface area contributed by atoms with Gasteiger partial charge < -0.3 is 14.8 Å². The Hall–Kier alpha value is -1.59. The summed E-state index contributed by atoms with van der Waals surface area (Å²) in [6, 6.07) is 8.40. The lowest BCUT2D eigenvalue weighted by Gasteiger charge is -2.26. The van der Waals surface area contributed by atoms with Crippen LogP contribution in [-0.2, 0) is 16.1 Å². The van der Waals surface area contributed by atoms with Gasteiger partial charge in [-0.2, -0.15) is 0 Å². The number of hydrogen-bond donors (Lipinski definition) is 1. The molecule has 0 radical (unpaired) electrons. The molecule has 0 aliphatic heterocycles. The normalized spacial score (nSPS) is 15.0. The lowest BCUT2D eigenvalue weighted by Crippen LogP contribution is -2.41. The summed E-state index contributed by atoms with van der Waals surface area (Å²) in [5.74, 6) is 0.921. The molecule has 1 aromatic rings. The number of benzene rings is 1. The average molecular weight is 334 g/mol. The van der Waals surface area contributed by atoms with Crippen LogP contribution in [0.3, 0.4) is 0 Å². The first kappa shape index (κ1) is 18.7. The molecular formula is C19H30N2O3. The van der Waals surface area contributed by atoms with E-state index in [0.29, 0.717) is 32.3 Å². The topological polar surface area (TPSA) is 50.8 Å². The highest BCUT2D eigenvalue weighted by Crippen LogP contribution is 2.22. The van der Waals surface area contributed by atoms with Crippen LogP contribution >= 0.6 is 0 Å². The van der Waals surface area contributed by atoms with Crippen molar-refractivity contribution in [3.63, 3.8) is 0 Å². The third-order valence-electron chi connectivity index (χ3n) is 4.56. The molecular weight excluding hydrogens is 304 g/mol. The van der Waals surface area contributed by atoms with E-state index < -0.39 is 0 Å². The van der Waals surface area contributed by atoms with Crippen LogP contribution in [0.4, 0.5) is 0 Å². The van der Waals surface area contributed by atoms with Crippen molar-refractivity contribution < 1.29 is 14.3 Å². The van der Waals surface area contributed by atoms with Crippen LogP contribution in [0.5, 0.6) is 5.75 Å². The van der Waals surface area contributed by atoms with Crippen molar-refractivity contribution in [3.8, 4) is 5.75 Å². The summed E-state index contributed by atoms with van der Waals surface area (Å²) >= 11 is 0. The average Bonchev–Trinajstić information content (AvgIpc) is 3.13. The van der Waals surface area contributed by atoms with Gasteiger partial charge in [0.05, 0.1) is 13.2 Å². The quantitative estimate of drug-likeness (QED) is 0.668. The van der Waals surface area contributed by atoms with Gasteiger partial charge in [-0.3, -0.25) is 9.69 Å². The zero-order valence-electron chi connectivity index (χ0n) is 14.9. The fraction of sp³-hybridized carbons (Fsp3) is 0.632. The molecule has 1 N–H and O–H groups in total. The third-order valence-corrected chi connectivity index (χ3v) is 4.56. The number of rotatable bonds is 10. The van der Waals surface area contributed by atoms with Gasteiger partial charge in [-0.1, -0.05) is 31.9 Å². The Morgan fingerprint density at radius 2 is 1.92 bits per heavy atom. The van der Waals surface area contributed by atoms with E-state index in [1.807, 2.05) is 24.3 Å². The van der Waals surface area contributed by atoms with Gasteiger partial charge in [-0.25, -0.2) is 0 Å². The molecule has 1 fully saturated rings. The van der Waals surface area contributed by atoms with E-state index in [9.17, 15) is 4.79 Å². The highest BCUT2D eigenvalue weighted by Gasteiger charge is 2.22. The molecule has 1 aliphatic rings. The molecule has 0 saturated heterocycles. The molecule has 0 heterocycles. The molecule has 0 unspecified atom stereocenters. The summed E-state index contributed by atoms with van der Waals surface area (Å²) < 4.78 is 10.5. The van der Waals surface area contributed by atoms with Crippen LogP contribution in [0.25, 0.3) is 0 Å². The number of likely N-dealkylation sites (N-methyl/N-ethyl adjacent to an activating group) is 1. The number of nitrogens with zero attached hydrogens (tertiary/aromatic N) is 1. The van der Waals surface area contributed by atoms with Crippen molar-refractivity contribution in [2.24, 2.45) is 0 Å². The Bertz CT molecular complexity index is 484. The summed E-state index contributed by atoms with van der Waals surface area (Å²) in [5, 5.41) is 3.02. The highest BCUT2D eigenvalue weighted by molar-refractivity contribution is 5.78. The molecule has 0 aromatic heterocycles. The zero-order chi connectivity index (χ0) is 17.2. The maximum Gasteiger partial charge on any atom is 0.234 e. The number of ether oxygens (including phenoxy) is 2. The van der Waals surface area contributed by atoms with Crippen molar-refractivity contribution in [1.29, 1.82) is 0 Å². The lowest BCUT2D eigenvalue weighted by atomic mass is 10.2.